The molecule has 0 aliphatic carbocycles. The third kappa shape index (κ3) is 7.37. The molecule has 3 aliphatic heterocycles. The van der Waals surface area contributed by atoms with Gasteiger partial charge in [0.1, 0.15) is 22.1 Å². The van der Waals surface area contributed by atoms with Crippen LogP contribution in [0.3, 0.4) is 0 Å². The van der Waals surface area contributed by atoms with Gasteiger partial charge in [0.25, 0.3) is 0 Å². The molecule has 0 saturated carbocycles. The average Bonchev–Trinajstić information content (AvgIpc) is 3.77. The SMILES string of the molecule is Cc1nn(C)cc1-c1nc2ncc(Cl)c(Oc3ccc(S(=O)(=O)C4CCN(CC5CCN(c6ccc([C@H]7CCC(=O)NC7=O)c(F)c6F)CC5)CC4)cc3)c2[nH]1. The largest absolute Gasteiger partial charge is 0.453 e. The maximum atomic E-state index is 15.3. The first-order valence-electron chi connectivity index (χ1n) is 18.7. The van der Waals surface area contributed by atoms with E-state index in [1.807, 2.05) is 25.1 Å². The van der Waals surface area contributed by atoms with E-state index in [0.717, 1.165) is 30.6 Å². The highest BCUT2D eigenvalue weighted by atomic mass is 35.5. The monoisotopic (exact) mass is 806 g/mol. The number of fused-ring (bicyclic) bond motifs is 1. The Bertz CT molecular complexity index is 2420. The number of hydrogen-bond donors (Lipinski definition) is 2. The number of rotatable bonds is 9. The molecule has 6 heterocycles. The van der Waals surface area contributed by atoms with Gasteiger partial charge in [0.2, 0.25) is 11.8 Å². The number of hydrogen-bond acceptors (Lipinski definition) is 10. The molecule has 2 N–H and O–H groups in total. The molecule has 1 atom stereocenters. The fourth-order valence-corrected chi connectivity index (χ4v) is 10.1. The van der Waals surface area contributed by atoms with Gasteiger partial charge in [-0.3, -0.25) is 19.6 Å². The minimum Gasteiger partial charge on any atom is -0.453 e. The minimum atomic E-state index is -3.59. The second-order valence-corrected chi connectivity index (χ2v) is 17.5. The number of halogens is 3. The minimum absolute atomic E-state index is 0.0309. The van der Waals surface area contributed by atoms with E-state index in [2.05, 4.69) is 30.3 Å². The summed E-state index contributed by atoms with van der Waals surface area (Å²) in [4.78, 5) is 40.3. The Hall–Kier alpha value is -4.93. The number of piperidine rings is 3. The van der Waals surface area contributed by atoms with Crippen molar-refractivity contribution in [3.63, 3.8) is 0 Å². The summed E-state index contributed by atoms with van der Waals surface area (Å²) in [7, 11) is -1.76. The van der Waals surface area contributed by atoms with Crippen molar-refractivity contribution in [2.75, 3.05) is 37.6 Å². The van der Waals surface area contributed by atoms with Crippen LogP contribution < -0.4 is 15.0 Å². The van der Waals surface area contributed by atoms with Crippen molar-refractivity contribution in [2.45, 2.75) is 61.5 Å². The lowest BCUT2D eigenvalue weighted by Gasteiger charge is -2.38. The van der Waals surface area contributed by atoms with Crippen LogP contribution in [0, 0.1) is 24.5 Å². The smallest absolute Gasteiger partial charge is 0.234 e. The number of carbonyl (C=O) groups is 2. The number of sulfone groups is 1. The summed E-state index contributed by atoms with van der Waals surface area (Å²) in [5.41, 5.74) is 2.68. The highest BCUT2D eigenvalue weighted by Crippen LogP contribution is 2.38. The third-order valence-corrected chi connectivity index (χ3v) is 13.8. The van der Waals surface area contributed by atoms with Gasteiger partial charge < -0.3 is 19.5 Å². The van der Waals surface area contributed by atoms with Gasteiger partial charge in [-0.25, -0.2) is 27.2 Å². The van der Waals surface area contributed by atoms with Gasteiger partial charge in [-0.2, -0.15) is 5.10 Å². The van der Waals surface area contributed by atoms with Crippen LogP contribution in [0.4, 0.5) is 14.5 Å². The number of imidazole rings is 1. The zero-order valence-corrected chi connectivity index (χ0v) is 32.5. The van der Waals surface area contributed by atoms with Crippen LogP contribution in [0.2, 0.25) is 5.02 Å². The molecule has 3 aromatic heterocycles. The number of amides is 2. The maximum Gasteiger partial charge on any atom is 0.234 e. The van der Waals surface area contributed by atoms with Crippen LogP contribution >= 0.6 is 11.6 Å². The predicted molar refractivity (Wildman–Crippen MR) is 205 cm³/mol. The average molecular weight is 807 g/mol. The second-order valence-electron chi connectivity index (χ2n) is 14.9. The topological polar surface area (TPSA) is 155 Å². The number of imide groups is 1. The standard InChI is InChI=1S/C39H41ClF2N8O5S/c1-22-29(21-48(2)47-22)37-45-35-36(30(40)19-43-38(35)46-37)55-24-3-5-25(6-4-24)56(53,54)26-13-15-49(16-14-26)20-23-11-17-50(18-12-23)31-9-7-27(33(41)34(31)42)28-8-10-32(51)44-39(28)52/h3-7,9,19,21,23,26,28H,8,10-18,20H2,1-2H3,(H,43,45,46)(H,44,51,52)/t28-/m1/s1. The number of H-pyrrole nitrogens is 1. The zero-order valence-electron chi connectivity index (χ0n) is 30.9. The molecule has 2 aromatic carbocycles. The van der Waals surface area contributed by atoms with Crippen molar-refractivity contribution < 1.29 is 31.5 Å². The van der Waals surface area contributed by atoms with Crippen molar-refractivity contribution in [2.24, 2.45) is 13.0 Å². The number of nitrogens with zero attached hydrogens (tertiary/aromatic N) is 6. The summed E-state index contributed by atoms with van der Waals surface area (Å²) in [5.74, 6) is -2.28. The Morgan fingerprint density at radius 1 is 0.964 bits per heavy atom. The Kier molecular flexibility index (Phi) is 10.3. The van der Waals surface area contributed by atoms with Crippen molar-refractivity contribution in [1.82, 2.24) is 34.9 Å². The second kappa shape index (κ2) is 15.2. The quantitative estimate of drug-likeness (QED) is 0.168. The van der Waals surface area contributed by atoms with Gasteiger partial charge in [0.15, 0.2) is 32.9 Å². The highest BCUT2D eigenvalue weighted by Gasteiger charge is 2.35. The Balaban J connectivity index is 0.844. The first-order chi connectivity index (χ1) is 26.8. The lowest BCUT2D eigenvalue weighted by Crippen LogP contribution is -2.44. The van der Waals surface area contributed by atoms with Gasteiger partial charge in [-0.05, 0) is 88.4 Å². The molecular formula is C39H41ClF2N8O5S. The number of pyridine rings is 1. The molecule has 294 valence electrons. The number of carbonyl (C=O) groups excluding carboxylic acids is 2. The van der Waals surface area contributed by atoms with E-state index in [1.165, 1.54) is 18.3 Å². The first kappa shape index (κ1) is 38.0. The molecule has 5 aromatic rings. The summed E-state index contributed by atoms with van der Waals surface area (Å²) in [6.45, 7) is 5.09. The molecule has 17 heteroatoms. The predicted octanol–water partition coefficient (Wildman–Crippen LogP) is 6.07. The number of aromatic amines is 1. The van der Waals surface area contributed by atoms with Crippen LogP contribution in [0.25, 0.3) is 22.6 Å². The number of aromatic nitrogens is 5. The Morgan fingerprint density at radius 3 is 2.38 bits per heavy atom. The molecule has 3 aliphatic rings. The van der Waals surface area contributed by atoms with Gasteiger partial charge in [0.05, 0.1) is 39.2 Å². The third-order valence-electron chi connectivity index (χ3n) is 11.2. The number of benzene rings is 2. The van der Waals surface area contributed by atoms with E-state index in [0.29, 0.717) is 73.4 Å². The van der Waals surface area contributed by atoms with Crippen molar-refractivity contribution >= 4 is 50.1 Å². The van der Waals surface area contributed by atoms with E-state index in [-0.39, 0.29) is 34.0 Å². The first-order valence-corrected chi connectivity index (χ1v) is 20.6. The van der Waals surface area contributed by atoms with Crippen LogP contribution in [0.1, 0.15) is 55.7 Å². The lowest BCUT2D eigenvalue weighted by molar-refractivity contribution is -0.134. The van der Waals surface area contributed by atoms with Gasteiger partial charge in [-0.15, -0.1) is 0 Å². The summed E-state index contributed by atoms with van der Waals surface area (Å²) >= 11 is 6.50. The molecule has 0 unspecified atom stereocenters. The number of likely N-dealkylation sites (tertiary alicyclic amines) is 1. The highest BCUT2D eigenvalue weighted by molar-refractivity contribution is 7.92. The van der Waals surface area contributed by atoms with Gasteiger partial charge in [-0.1, -0.05) is 17.7 Å². The molecule has 3 fully saturated rings. The zero-order chi connectivity index (χ0) is 39.3. The molecule has 0 spiro atoms. The number of anilines is 1. The van der Waals surface area contributed by atoms with E-state index < -0.39 is 44.5 Å². The van der Waals surface area contributed by atoms with E-state index in [9.17, 15) is 18.0 Å². The number of nitrogens with one attached hydrogen (secondary N) is 2. The van der Waals surface area contributed by atoms with Crippen molar-refractivity contribution in [1.29, 1.82) is 0 Å². The summed E-state index contributed by atoms with van der Waals surface area (Å²) in [6, 6.07) is 9.34. The van der Waals surface area contributed by atoms with E-state index in [1.54, 1.807) is 28.9 Å². The molecule has 3 saturated heterocycles. The summed E-state index contributed by atoms with van der Waals surface area (Å²) in [6.07, 6.45) is 6.13. The Morgan fingerprint density at radius 2 is 1.70 bits per heavy atom. The molecule has 56 heavy (non-hydrogen) atoms. The fraction of sp³-hybridized carbons (Fsp3) is 0.410. The fourth-order valence-electron chi connectivity index (χ4n) is 8.16. The summed E-state index contributed by atoms with van der Waals surface area (Å²) < 4.78 is 65.7. The molecule has 0 radical (unpaired) electrons. The number of ether oxygens (including phenoxy) is 1. The normalized spacial score (nSPS) is 19.2. The molecule has 13 nitrogen and oxygen atoms in total. The molecule has 8 rings (SSSR count). The lowest BCUT2D eigenvalue weighted by atomic mass is 9.89. The molecule has 0 bridgehead atoms. The van der Waals surface area contributed by atoms with E-state index >= 15 is 8.78 Å². The maximum absolute atomic E-state index is 15.3. The number of aryl methyl sites for hydroxylation is 2. The van der Waals surface area contributed by atoms with Crippen LogP contribution in [-0.2, 0) is 26.5 Å². The van der Waals surface area contributed by atoms with Crippen molar-refractivity contribution in [3.05, 3.63) is 76.7 Å². The summed E-state index contributed by atoms with van der Waals surface area (Å²) in [5, 5.41) is 6.34. The van der Waals surface area contributed by atoms with Crippen LogP contribution in [-0.4, -0.2) is 87.8 Å². The Labute approximate surface area is 327 Å². The van der Waals surface area contributed by atoms with Crippen LogP contribution in [0.15, 0.2) is 53.7 Å². The molecule has 2 amide bonds. The van der Waals surface area contributed by atoms with Crippen molar-refractivity contribution in [3.8, 4) is 22.9 Å². The van der Waals surface area contributed by atoms with E-state index in [4.69, 9.17) is 16.3 Å². The van der Waals surface area contributed by atoms with Gasteiger partial charge >= 0.3 is 0 Å². The van der Waals surface area contributed by atoms with Crippen LogP contribution in [0.5, 0.6) is 11.5 Å². The van der Waals surface area contributed by atoms with Gasteiger partial charge in [0, 0.05) is 44.9 Å². The molecular weight excluding hydrogens is 766 g/mol.